The number of halogens is 1. The van der Waals surface area contributed by atoms with Gasteiger partial charge in [0.15, 0.2) is 5.82 Å². The van der Waals surface area contributed by atoms with Gasteiger partial charge in [0.1, 0.15) is 12.1 Å². The summed E-state index contributed by atoms with van der Waals surface area (Å²) in [7, 11) is 0. The number of carbonyl (C=O) groups excluding carboxylic acids is 1. The fourth-order valence-electron chi connectivity index (χ4n) is 4.52. The molecule has 1 N–H and O–H groups in total. The zero-order chi connectivity index (χ0) is 24.5. The van der Waals surface area contributed by atoms with Crippen LogP contribution in [-0.4, -0.2) is 65.0 Å². The number of para-hydroxylation sites is 1. The molecule has 2 aliphatic heterocycles. The number of carbonyl (C=O) groups is 1. The molecule has 1 fully saturated rings. The van der Waals surface area contributed by atoms with Crippen molar-refractivity contribution in [3.8, 4) is 32.6 Å². The van der Waals surface area contributed by atoms with E-state index < -0.39 is 0 Å². The molecule has 36 heavy (non-hydrogen) atoms. The molecule has 0 aliphatic carbocycles. The summed E-state index contributed by atoms with van der Waals surface area (Å²) < 4.78 is 13.4. The average Bonchev–Trinajstić information content (AvgIpc) is 3.49. The van der Waals surface area contributed by atoms with Crippen molar-refractivity contribution in [3.63, 3.8) is 0 Å². The van der Waals surface area contributed by atoms with E-state index in [0.717, 1.165) is 57.8 Å². The first-order valence-corrected chi connectivity index (χ1v) is 13.0. The number of nitrogens with one attached hydrogen (secondary N) is 1. The van der Waals surface area contributed by atoms with Crippen LogP contribution < -0.4 is 10.1 Å². The lowest BCUT2D eigenvalue weighted by atomic mass is 10.1. The molecule has 4 heterocycles. The van der Waals surface area contributed by atoms with Crippen molar-refractivity contribution in [3.05, 3.63) is 65.4 Å². The van der Waals surface area contributed by atoms with Gasteiger partial charge in [0.25, 0.3) is 0 Å². The highest BCUT2D eigenvalue weighted by Crippen LogP contribution is 2.44. The van der Waals surface area contributed by atoms with Gasteiger partial charge in [0, 0.05) is 41.7 Å². The highest BCUT2D eigenvalue weighted by Gasteiger charge is 2.23. The third kappa shape index (κ3) is 4.62. The molecule has 0 unspecified atom stereocenters. The zero-order valence-corrected chi connectivity index (χ0v) is 21.0. The summed E-state index contributed by atoms with van der Waals surface area (Å²) in [6.07, 6.45) is 2.46. The lowest BCUT2D eigenvalue weighted by Crippen LogP contribution is -2.41. The molecule has 4 aromatic rings. The van der Waals surface area contributed by atoms with Crippen molar-refractivity contribution in [2.45, 2.75) is 6.42 Å². The quantitative estimate of drug-likeness (QED) is 0.416. The van der Waals surface area contributed by atoms with E-state index in [1.54, 1.807) is 17.7 Å². The fraction of sp³-hybridized carbons (Fsp3) is 0.269. The number of hydrogen-bond acceptors (Lipinski definition) is 7. The van der Waals surface area contributed by atoms with Gasteiger partial charge in [-0.15, -0.1) is 21.5 Å². The lowest BCUT2D eigenvalue weighted by Gasteiger charge is -2.25. The number of thiophene rings is 1. The lowest BCUT2D eigenvalue weighted by molar-refractivity contribution is -0.118. The van der Waals surface area contributed by atoms with Crippen molar-refractivity contribution in [2.75, 3.05) is 44.8 Å². The van der Waals surface area contributed by atoms with Gasteiger partial charge in [0.05, 0.1) is 42.0 Å². The number of morpholine rings is 1. The summed E-state index contributed by atoms with van der Waals surface area (Å²) in [6, 6.07) is 15.7. The summed E-state index contributed by atoms with van der Waals surface area (Å²) in [5.41, 5.74) is 3.77. The van der Waals surface area contributed by atoms with Crippen molar-refractivity contribution in [2.24, 2.45) is 0 Å². The summed E-state index contributed by atoms with van der Waals surface area (Å²) >= 11 is 8.10. The Bertz CT molecular complexity index is 1410. The third-order valence-electron chi connectivity index (χ3n) is 6.30. The minimum atomic E-state index is -0.0384. The number of hydrogen-bond donors (Lipinski definition) is 1. The van der Waals surface area contributed by atoms with Crippen molar-refractivity contribution in [1.82, 2.24) is 19.7 Å². The Morgan fingerprint density at radius 2 is 1.97 bits per heavy atom. The first-order chi connectivity index (χ1) is 17.7. The van der Waals surface area contributed by atoms with Gasteiger partial charge in [-0.25, -0.2) is 0 Å². The van der Waals surface area contributed by atoms with Gasteiger partial charge in [-0.3, -0.25) is 14.3 Å². The molecule has 0 saturated carbocycles. The molecule has 0 bridgehead atoms. The van der Waals surface area contributed by atoms with Crippen LogP contribution in [0.5, 0.6) is 5.75 Å². The Hall–Kier alpha value is -3.24. The molecule has 8 nitrogen and oxygen atoms in total. The van der Waals surface area contributed by atoms with E-state index in [2.05, 4.69) is 26.5 Å². The van der Waals surface area contributed by atoms with Crippen LogP contribution in [0, 0.1) is 0 Å². The second-order valence-corrected chi connectivity index (χ2v) is 10.1. The molecular weight excluding hydrogens is 498 g/mol. The number of aromatic nitrogens is 3. The smallest absolute Gasteiger partial charge is 0.238 e. The Morgan fingerprint density at radius 1 is 1.11 bits per heavy atom. The monoisotopic (exact) mass is 521 g/mol. The highest BCUT2D eigenvalue weighted by atomic mass is 35.5. The number of rotatable bonds is 5. The Kier molecular flexibility index (Phi) is 6.45. The van der Waals surface area contributed by atoms with E-state index >= 15 is 0 Å². The maximum atomic E-state index is 12.6. The normalized spacial score (nSPS) is 15.5. The molecule has 2 aromatic carbocycles. The molecule has 0 spiro atoms. The highest BCUT2D eigenvalue weighted by molar-refractivity contribution is 7.19. The maximum Gasteiger partial charge on any atom is 0.238 e. The molecule has 1 amide bonds. The standard InChI is InChI=1S/C26H24ClN5O3S/c27-20-3-1-2-4-21(20)32-16-28-30-26(32)23-13-17-7-10-35-22-14-18(5-6-19(22)25(17)36-23)29-24(33)15-31-8-11-34-12-9-31/h1-6,13-14,16H,7-12,15H2,(H,29,33). The molecule has 0 atom stereocenters. The van der Waals surface area contributed by atoms with E-state index in [1.807, 2.05) is 47.0 Å². The predicted octanol–water partition coefficient (Wildman–Crippen LogP) is 4.52. The van der Waals surface area contributed by atoms with Gasteiger partial charge in [-0.2, -0.15) is 0 Å². The van der Waals surface area contributed by atoms with Crippen molar-refractivity contribution in [1.29, 1.82) is 0 Å². The van der Waals surface area contributed by atoms with Crippen LogP contribution in [0.1, 0.15) is 5.56 Å². The van der Waals surface area contributed by atoms with E-state index in [4.69, 9.17) is 21.1 Å². The van der Waals surface area contributed by atoms with E-state index in [0.29, 0.717) is 31.4 Å². The molecule has 184 valence electrons. The SMILES string of the molecule is O=C(CN1CCOCC1)Nc1ccc2c(c1)OCCc1cc(-c3nncn3-c3ccccc3Cl)sc1-2. The van der Waals surface area contributed by atoms with Crippen LogP contribution in [0.15, 0.2) is 54.9 Å². The largest absolute Gasteiger partial charge is 0.492 e. The fourth-order valence-corrected chi connectivity index (χ4v) is 5.97. The summed E-state index contributed by atoms with van der Waals surface area (Å²) in [5.74, 6) is 1.47. The first-order valence-electron chi connectivity index (χ1n) is 11.8. The zero-order valence-electron chi connectivity index (χ0n) is 19.4. The average molecular weight is 522 g/mol. The number of ether oxygens (including phenoxy) is 2. The molecule has 6 rings (SSSR count). The van der Waals surface area contributed by atoms with Gasteiger partial charge in [-0.05, 0) is 35.9 Å². The van der Waals surface area contributed by atoms with Crippen LogP contribution in [-0.2, 0) is 16.0 Å². The van der Waals surface area contributed by atoms with Gasteiger partial charge < -0.3 is 14.8 Å². The summed E-state index contributed by atoms with van der Waals surface area (Å²) in [6.45, 7) is 3.78. The minimum Gasteiger partial charge on any atom is -0.492 e. The van der Waals surface area contributed by atoms with Crippen molar-refractivity contribution < 1.29 is 14.3 Å². The van der Waals surface area contributed by atoms with Crippen LogP contribution in [0.2, 0.25) is 5.02 Å². The second kappa shape index (κ2) is 10.0. The van der Waals surface area contributed by atoms with Gasteiger partial charge >= 0.3 is 0 Å². The number of fused-ring (bicyclic) bond motifs is 3. The van der Waals surface area contributed by atoms with Gasteiger partial charge in [-0.1, -0.05) is 23.7 Å². The van der Waals surface area contributed by atoms with E-state index in [-0.39, 0.29) is 5.91 Å². The van der Waals surface area contributed by atoms with Gasteiger partial charge in [0.2, 0.25) is 5.91 Å². The minimum absolute atomic E-state index is 0.0384. The van der Waals surface area contributed by atoms with Crippen LogP contribution in [0.3, 0.4) is 0 Å². The van der Waals surface area contributed by atoms with Crippen LogP contribution in [0.25, 0.3) is 26.8 Å². The molecule has 2 aliphatic rings. The summed E-state index contributed by atoms with van der Waals surface area (Å²) in [5, 5.41) is 12.2. The second-order valence-electron chi connectivity index (χ2n) is 8.69. The number of anilines is 1. The Morgan fingerprint density at radius 3 is 2.83 bits per heavy atom. The molecule has 1 saturated heterocycles. The predicted molar refractivity (Wildman–Crippen MR) is 140 cm³/mol. The number of nitrogens with zero attached hydrogens (tertiary/aromatic N) is 4. The van der Waals surface area contributed by atoms with E-state index in [1.165, 1.54) is 5.56 Å². The molecule has 0 radical (unpaired) electrons. The van der Waals surface area contributed by atoms with Crippen molar-refractivity contribution >= 4 is 34.5 Å². The maximum absolute atomic E-state index is 12.6. The topological polar surface area (TPSA) is 81.5 Å². The third-order valence-corrected chi connectivity index (χ3v) is 7.83. The first kappa shape index (κ1) is 23.2. The Labute approximate surface area is 217 Å². The van der Waals surface area contributed by atoms with Crippen LogP contribution in [0.4, 0.5) is 5.69 Å². The Balaban J connectivity index is 1.27. The molecule has 10 heteroatoms. The molecular formula is C26H24ClN5O3S. The molecule has 2 aromatic heterocycles. The number of benzene rings is 2. The summed E-state index contributed by atoms with van der Waals surface area (Å²) in [4.78, 5) is 16.8. The number of amides is 1. The van der Waals surface area contributed by atoms with Crippen LogP contribution >= 0.6 is 22.9 Å². The van der Waals surface area contributed by atoms with E-state index in [9.17, 15) is 4.79 Å².